The molecular formula is C6H17N3S. The van der Waals surface area contributed by atoms with E-state index >= 15 is 0 Å². The van der Waals surface area contributed by atoms with E-state index in [-0.39, 0.29) is 0 Å². The van der Waals surface area contributed by atoms with Crippen LogP contribution in [0.2, 0.25) is 0 Å². The molecule has 0 amide bonds. The van der Waals surface area contributed by atoms with Crippen molar-refractivity contribution in [3.05, 3.63) is 0 Å². The maximum Gasteiger partial charge on any atom is 0.0588 e. The van der Waals surface area contributed by atoms with Crippen LogP contribution >= 0.6 is 12.8 Å². The molecule has 0 aromatic heterocycles. The second-order valence-electron chi connectivity index (χ2n) is 2.01. The Morgan fingerprint density at radius 2 is 2.00 bits per heavy atom. The fourth-order valence-corrected chi connectivity index (χ4v) is 0.610. The predicted molar refractivity (Wildman–Crippen MR) is 47.9 cm³/mol. The van der Waals surface area contributed by atoms with E-state index in [1.807, 2.05) is 4.31 Å². The molecule has 0 aliphatic carbocycles. The largest absolute Gasteiger partial charge is 0.305 e. The van der Waals surface area contributed by atoms with Crippen LogP contribution in [0.3, 0.4) is 0 Å². The Morgan fingerprint density at radius 3 is 2.50 bits per heavy atom. The quantitative estimate of drug-likeness (QED) is 0.298. The third kappa shape index (κ3) is 6.35. The summed E-state index contributed by atoms with van der Waals surface area (Å²) in [5.74, 6) is 0. The Morgan fingerprint density at radius 1 is 1.30 bits per heavy atom. The zero-order chi connectivity index (χ0) is 7.82. The van der Waals surface area contributed by atoms with Crippen molar-refractivity contribution < 1.29 is 0 Å². The molecule has 0 heterocycles. The lowest BCUT2D eigenvalue weighted by Gasteiger charge is -2.12. The van der Waals surface area contributed by atoms with E-state index in [9.17, 15) is 0 Å². The summed E-state index contributed by atoms with van der Waals surface area (Å²) >= 11 is 4.18. The topological polar surface area (TPSA) is 27.3 Å². The highest BCUT2D eigenvalue weighted by Crippen LogP contribution is 1.85. The SMILES string of the molecule is CCNCNCN(S)CC. The summed E-state index contributed by atoms with van der Waals surface area (Å²) in [5.41, 5.74) is 0. The van der Waals surface area contributed by atoms with E-state index < -0.39 is 0 Å². The average molecular weight is 163 g/mol. The Labute approximate surface area is 68.7 Å². The van der Waals surface area contributed by atoms with Crippen molar-refractivity contribution >= 4 is 12.8 Å². The summed E-state index contributed by atoms with van der Waals surface area (Å²) in [6.07, 6.45) is 0. The van der Waals surface area contributed by atoms with Gasteiger partial charge in [0.1, 0.15) is 0 Å². The number of thiol groups is 1. The molecule has 0 saturated heterocycles. The van der Waals surface area contributed by atoms with E-state index in [4.69, 9.17) is 0 Å². The molecule has 0 unspecified atom stereocenters. The first-order valence-electron chi connectivity index (χ1n) is 3.66. The van der Waals surface area contributed by atoms with Gasteiger partial charge < -0.3 is 5.32 Å². The molecule has 0 aliphatic rings. The Hall–Kier alpha value is 0.230. The van der Waals surface area contributed by atoms with Crippen LogP contribution in [-0.2, 0) is 0 Å². The van der Waals surface area contributed by atoms with Crippen LogP contribution in [0.25, 0.3) is 0 Å². The molecule has 0 rings (SSSR count). The fourth-order valence-electron chi connectivity index (χ4n) is 0.510. The lowest BCUT2D eigenvalue weighted by molar-refractivity contribution is 0.433. The van der Waals surface area contributed by atoms with E-state index in [2.05, 4.69) is 37.3 Å². The van der Waals surface area contributed by atoms with Crippen molar-refractivity contribution in [1.82, 2.24) is 14.9 Å². The van der Waals surface area contributed by atoms with Crippen LogP contribution in [0.5, 0.6) is 0 Å². The number of hydrogen-bond donors (Lipinski definition) is 3. The molecule has 0 bridgehead atoms. The summed E-state index contributed by atoms with van der Waals surface area (Å²) in [7, 11) is 0. The molecule has 0 spiro atoms. The van der Waals surface area contributed by atoms with Gasteiger partial charge >= 0.3 is 0 Å². The summed E-state index contributed by atoms with van der Waals surface area (Å²) < 4.78 is 1.91. The van der Waals surface area contributed by atoms with Crippen molar-refractivity contribution in [1.29, 1.82) is 0 Å². The Bertz CT molecular complexity index is 70.0. The standard InChI is InChI=1S/C6H17N3S/c1-3-7-5-8-6-9(10)4-2/h7-8,10H,3-6H2,1-2H3. The minimum Gasteiger partial charge on any atom is -0.305 e. The van der Waals surface area contributed by atoms with Crippen LogP contribution in [0, 0.1) is 0 Å². The molecule has 0 aromatic carbocycles. The van der Waals surface area contributed by atoms with Gasteiger partial charge in [-0.15, -0.1) is 0 Å². The molecule has 4 heteroatoms. The number of nitrogens with zero attached hydrogens (tertiary/aromatic N) is 1. The first kappa shape index (κ1) is 10.2. The van der Waals surface area contributed by atoms with E-state index in [0.717, 1.165) is 26.4 Å². The van der Waals surface area contributed by atoms with Crippen LogP contribution in [0.15, 0.2) is 0 Å². The predicted octanol–water partition coefficient (Wildman–Crippen LogP) is 0.267. The molecule has 0 atom stereocenters. The molecule has 10 heavy (non-hydrogen) atoms. The normalized spacial score (nSPS) is 10.8. The van der Waals surface area contributed by atoms with Crippen LogP contribution < -0.4 is 10.6 Å². The minimum atomic E-state index is 0.826. The molecule has 3 nitrogen and oxygen atoms in total. The molecule has 2 N–H and O–H groups in total. The first-order chi connectivity index (χ1) is 4.81. The van der Waals surface area contributed by atoms with Gasteiger partial charge in [-0.1, -0.05) is 26.7 Å². The van der Waals surface area contributed by atoms with Gasteiger partial charge in [-0.25, -0.2) is 4.31 Å². The van der Waals surface area contributed by atoms with Gasteiger partial charge in [0, 0.05) is 13.2 Å². The average Bonchev–Trinajstić information content (AvgIpc) is 1.98. The monoisotopic (exact) mass is 163 g/mol. The zero-order valence-corrected chi connectivity index (χ0v) is 7.62. The van der Waals surface area contributed by atoms with Gasteiger partial charge in [0.15, 0.2) is 0 Å². The molecule has 0 fully saturated rings. The highest BCUT2D eigenvalue weighted by molar-refractivity contribution is 7.77. The Balaban J connectivity index is 2.89. The van der Waals surface area contributed by atoms with Gasteiger partial charge in [0.2, 0.25) is 0 Å². The van der Waals surface area contributed by atoms with Crippen molar-refractivity contribution in [3.63, 3.8) is 0 Å². The molecule has 0 saturated carbocycles. The minimum absolute atomic E-state index is 0.826. The van der Waals surface area contributed by atoms with Crippen molar-refractivity contribution in [2.24, 2.45) is 0 Å². The van der Waals surface area contributed by atoms with Gasteiger partial charge in [-0.3, -0.25) is 5.32 Å². The second kappa shape index (κ2) is 7.34. The maximum atomic E-state index is 4.18. The molecule has 0 aromatic rings. The second-order valence-corrected chi connectivity index (χ2v) is 2.58. The van der Waals surface area contributed by atoms with Gasteiger partial charge in [-0.2, -0.15) is 0 Å². The highest BCUT2D eigenvalue weighted by Gasteiger charge is 1.90. The van der Waals surface area contributed by atoms with Crippen LogP contribution in [0.4, 0.5) is 0 Å². The number of nitrogens with one attached hydrogen (secondary N) is 2. The third-order valence-electron chi connectivity index (χ3n) is 1.16. The molecule has 0 radical (unpaired) electrons. The van der Waals surface area contributed by atoms with E-state index in [1.165, 1.54) is 0 Å². The van der Waals surface area contributed by atoms with Crippen LogP contribution in [-0.4, -0.2) is 30.7 Å². The van der Waals surface area contributed by atoms with Crippen LogP contribution in [0.1, 0.15) is 13.8 Å². The number of hydrogen-bond acceptors (Lipinski definition) is 4. The number of rotatable bonds is 6. The highest BCUT2D eigenvalue weighted by atomic mass is 32.1. The van der Waals surface area contributed by atoms with E-state index in [0.29, 0.717) is 0 Å². The van der Waals surface area contributed by atoms with E-state index in [1.54, 1.807) is 0 Å². The molecule has 62 valence electrons. The van der Waals surface area contributed by atoms with Gasteiger partial charge in [0.05, 0.1) is 6.67 Å². The van der Waals surface area contributed by atoms with Crippen molar-refractivity contribution in [3.8, 4) is 0 Å². The first-order valence-corrected chi connectivity index (χ1v) is 4.06. The lowest BCUT2D eigenvalue weighted by atomic mass is 10.7. The summed E-state index contributed by atoms with van der Waals surface area (Å²) in [4.78, 5) is 0. The summed E-state index contributed by atoms with van der Waals surface area (Å²) in [5, 5.41) is 6.33. The van der Waals surface area contributed by atoms with Crippen molar-refractivity contribution in [2.45, 2.75) is 13.8 Å². The summed E-state index contributed by atoms with van der Waals surface area (Å²) in [6.45, 7) is 7.80. The fraction of sp³-hybridized carbons (Fsp3) is 1.00. The maximum absolute atomic E-state index is 4.18. The molecular weight excluding hydrogens is 146 g/mol. The molecule has 0 aliphatic heterocycles. The summed E-state index contributed by atoms with van der Waals surface area (Å²) in [6, 6.07) is 0. The van der Waals surface area contributed by atoms with Gasteiger partial charge in [0.25, 0.3) is 0 Å². The van der Waals surface area contributed by atoms with Crippen molar-refractivity contribution in [2.75, 3.05) is 26.4 Å². The third-order valence-corrected chi connectivity index (χ3v) is 1.58. The lowest BCUT2D eigenvalue weighted by Crippen LogP contribution is -2.34. The zero-order valence-electron chi connectivity index (χ0n) is 6.72. The van der Waals surface area contributed by atoms with Gasteiger partial charge in [-0.05, 0) is 6.54 Å². The Kier molecular flexibility index (Phi) is 7.51. The smallest absolute Gasteiger partial charge is 0.0588 e.